The fourth-order valence-corrected chi connectivity index (χ4v) is 2.94. The molecular weight excluding hydrogens is 262 g/mol. The lowest BCUT2D eigenvalue weighted by atomic mass is 9.97. The van der Waals surface area contributed by atoms with Crippen LogP contribution in [0.2, 0.25) is 0 Å². The number of aromatic nitrogens is 2. The Balaban J connectivity index is 1.47. The van der Waals surface area contributed by atoms with Gasteiger partial charge in [0, 0.05) is 38.0 Å². The third-order valence-electron chi connectivity index (χ3n) is 4.01. The van der Waals surface area contributed by atoms with Gasteiger partial charge in [-0.05, 0) is 29.9 Å². The summed E-state index contributed by atoms with van der Waals surface area (Å²) in [4.78, 5) is 20.3. The van der Waals surface area contributed by atoms with Crippen LogP contribution in [0.15, 0.2) is 42.9 Å². The van der Waals surface area contributed by atoms with Gasteiger partial charge < -0.3 is 5.32 Å². The Kier molecular flexibility index (Phi) is 4.24. The molecule has 1 aromatic heterocycles. The Bertz CT molecular complexity index is 612. The van der Waals surface area contributed by atoms with Crippen LogP contribution in [0, 0.1) is 0 Å². The van der Waals surface area contributed by atoms with Crippen LogP contribution in [-0.2, 0) is 17.6 Å². The summed E-state index contributed by atoms with van der Waals surface area (Å²) in [5.41, 5.74) is 3.65. The first-order valence-corrected chi connectivity index (χ1v) is 7.42. The van der Waals surface area contributed by atoms with E-state index in [-0.39, 0.29) is 5.91 Å². The molecular formula is C17H19N3O. The topological polar surface area (TPSA) is 54.9 Å². The fourth-order valence-electron chi connectivity index (χ4n) is 2.94. The van der Waals surface area contributed by atoms with Crippen molar-refractivity contribution in [3.05, 3.63) is 59.7 Å². The molecule has 108 valence electrons. The van der Waals surface area contributed by atoms with E-state index < -0.39 is 0 Å². The van der Waals surface area contributed by atoms with Gasteiger partial charge in [-0.15, -0.1) is 0 Å². The molecule has 1 aliphatic carbocycles. The van der Waals surface area contributed by atoms with Gasteiger partial charge in [0.1, 0.15) is 0 Å². The number of carbonyl (C=O) groups excluding carboxylic acids is 1. The van der Waals surface area contributed by atoms with E-state index >= 15 is 0 Å². The highest BCUT2D eigenvalue weighted by atomic mass is 16.1. The average Bonchev–Trinajstić information content (AvgIpc) is 2.92. The minimum Gasteiger partial charge on any atom is -0.356 e. The predicted molar refractivity (Wildman–Crippen MR) is 80.9 cm³/mol. The normalized spacial score (nSPS) is 16.5. The Morgan fingerprint density at radius 2 is 2.19 bits per heavy atom. The number of carbonyl (C=O) groups is 1. The van der Waals surface area contributed by atoms with Crippen LogP contribution in [0.3, 0.4) is 0 Å². The second-order valence-electron chi connectivity index (χ2n) is 5.44. The molecule has 0 spiro atoms. The van der Waals surface area contributed by atoms with Crippen molar-refractivity contribution in [2.45, 2.75) is 31.6 Å². The number of hydrogen-bond acceptors (Lipinski definition) is 3. The summed E-state index contributed by atoms with van der Waals surface area (Å²) in [6, 6.07) is 8.45. The molecule has 0 aliphatic heterocycles. The quantitative estimate of drug-likeness (QED) is 0.914. The number of fused-ring (bicyclic) bond motifs is 1. The highest BCUT2D eigenvalue weighted by Crippen LogP contribution is 2.34. The number of nitrogens with zero attached hydrogens (tertiary/aromatic N) is 2. The molecule has 2 aromatic rings. The van der Waals surface area contributed by atoms with E-state index in [2.05, 4.69) is 39.6 Å². The van der Waals surface area contributed by atoms with E-state index in [4.69, 9.17) is 0 Å². The lowest BCUT2D eigenvalue weighted by molar-refractivity contribution is -0.121. The lowest BCUT2D eigenvalue weighted by Gasteiger charge is -2.11. The van der Waals surface area contributed by atoms with Crippen LogP contribution in [0.25, 0.3) is 0 Å². The number of hydrogen-bond donors (Lipinski definition) is 1. The summed E-state index contributed by atoms with van der Waals surface area (Å²) in [7, 11) is 0. The molecule has 1 heterocycles. The van der Waals surface area contributed by atoms with Crippen LogP contribution >= 0.6 is 0 Å². The first kappa shape index (κ1) is 13.7. The van der Waals surface area contributed by atoms with Crippen LogP contribution in [0.4, 0.5) is 0 Å². The van der Waals surface area contributed by atoms with Crippen LogP contribution in [-0.4, -0.2) is 22.4 Å². The molecule has 3 rings (SSSR count). The third-order valence-corrected chi connectivity index (χ3v) is 4.01. The zero-order valence-electron chi connectivity index (χ0n) is 12.0. The monoisotopic (exact) mass is 281 g/mol. The van der Waals surface area contributed by atoms with Gasteiger partial charge in [-0.2, -0.15) is 0 Å². The maximum atomic E-state index is 12.1. The highest BCUT2D eigenvalue weighted by molar-refractivity contribution is 5.77. The van der Waals surface area contributed by atoms with E-state index in [0.717, 1.165) is 25.0 Å². The maximum Gasteiger partial charge on any atom is 0.220 e. The molecule has 0 fully saturated rings. The van der Waals surface area contributed by atoms with Crippen molar-refractivity contribution in [3.63, 3.8) is 0 Å². The molecule has 4 heteroatoms. The molecule has 4 nitrogen and oxygen atoms in total. The van der Waals surface area contributed by atoms with Crippen molar-refractivity contribution in [2.24, 2.45) is 0 Å². The Morgan fingerprint density at radius 3 is 3.05 bits per heavy atom. The minimum atomic E-state index is 0.126. The SMILES string of the molecule is O=C(CC1CCc2ccccc21)NCCc1cnccn1. The number of aryl methyl sites for hydroxylation is 1. The summed E-state index contributed by atoms with van der Waals surface area (Å²) >= 11 is 0. The van der Waals surface area contributed by atoms with Gasteiger partial charge in [0.25, 0.3) is 0 Å². The van der Waals surface area contributed by atoms with Crippen molar-refractivity contribution < 1.29 is 4.79 Å². The molecule has 1 unspecified atom stereocenters. The standard InChI is InChI=1S/C17H19N3O/c21-17(20-8-7-15-12-18-9-10-19-15)11-14-6-5-13-3-1-2-4-16(13)14/h1-4,9-10,12,14H,5-8,11H2,(H,20,21). The second-order valence-corrected chi connectivity index (χ2v) is 5.44. The van der Waals surface area contributed by atoms with Gasteiger partial charge in [0.15, 0.2) is 0 Å². The zero-order chi connectivity index (χ0) is 14.5. The minimum absolute atomic E-state index is 0.126. The van der Waals surface area contributed by atoms with Gasteiger partial charge in [-0.1, -0.05) is 24.3 Å². The summed E-state index contributed by atoms with van der Waals surface area (Å²) in [5.74, 6) is 0.498. The molecule has 1 aromatic carbocycles. The molecule has 1 atom stereocenters. The zero-order valence-corrected chi connectivity index (χ0v) is 12.0. The average molecular weight is 281 g/mol. The van der Waals surface area contributed by atoms with E-state index in [9.17, 15) is 4.79 Å². The highest BCUT2D eigenvalue weighted by Gasteiger charge is 2.23. The van der Waals surface area contributed by atoms with E-state index in [1.165, 1.54) is 11.1 Å². The molecule has 0 radical (unpaired) electrons. The molecule has 0 saturated carbocycles. The van der Waals surface area contributed by atoms with Crippen LogP contribution in [0.1, 0.15) is 35.6 Å². The van der Waals surface area contributed by atoms with Gasteiger partial charge in [-0.3, -0.25) is 14.8 Å². The van der Waals surface area contributed by atoms with Crippen molar-refractivity contribution in [2.75, 3.05) is 6.54 Å². The number of amides is 1. The first-order valence-electron chi connectivity index (χ1n) is 7.42. The van der Waals surface area contributed by atoms with E-state index in [1.807, 2.05) is 0 Å². The summed E-state index contributed by atoms with van der Waals surface area (Å²) in [6.45, 7) is 0.617. The summed E-state index contributed by atoms with van der Waals surface area (Å²) in [6.07, 6.45) is 8.54. The first-order chi connectivity index (χ1) is 10.3. The Morgan fingerprint density at radius 1 is 1.29 bits per heavy atom. The number of nitrogens with one attached hydrogen (secondary N) is 1. The van der Waals surface area contributed by atoms with Gasteiger partial charge in [-0.25, -0.2) is 0 Å². The molecule has 1 N–H and O–H groups in total. The number of benzene rings is 1. The van der Waals surface area contributed by atoms with Gasteiger partial charge in [0.05, 0.1) is 5.69 Å². The summed E-state index contributed by atoms with van der Waals surface area (Å²) < 4.78 is 0. The van der Waals surface area contributed by atoms with Crippen LogP contribution in [0.5, 0.6) is 0 Å². The molecule has 1 amide bonds. The molecule has 21 heavy (non-hydrogen) atoms. The third kappa shape index (κ3) is 3.45. The van der Waals surface area contributed by atoms with E-state index in [0.29, 0.717) is 18.9 Å². The summed E-state index contributed by atoms with van der Waals surface area (Å²) in [5, 5.41) is 2.98. The fraction of sp³-hybridized carbons (Fsp3) is 0.353. The predicted octanol–water partition coefficient (Wildman–Crippen LogP) is 2.26. The van der Waals surface area contributed by atoms with Crippen molar-refractivity contribution >= 4 is 5.91 Å². The van der Waals surface area contributed by atoms with Crippen molar-refractivity contribution in [3.8, 4) is 0 Å². The molecule has 0 saturated heterocycles. The van der Waals surface area contributed by atoms with Gasteiger partial charge >= 0.3 is 0 Å². The number of rotatable bonds is 5. The van der Waals surface area contributed by atoms with Crippen molar-refractivity contribution in [1.82, 2.24) is 15.3 Å². The molecule has 0 bridgehead atoms. The lowest BCUT2D eigenvalue weighted by Crippen LogP contribution is -2.27. The second kappa shape index (κ2) is 6.48. The Hall–Kier alpha value is -2.23. The maximum absolute atomic E-state index is 12.1. The van der Waals surface area contributed by atoms with Gasteiger partial charge in [0.2, 0.25) is 5.91 Å². The largest absolute Gasteiger partial charge is 0.356 e. The smallest absolute Gasteiger partial charge is 0.220 e. The Labute approximate surface area is 124 Å². The van der Waals surface area contributed by atoms with Crippen molar-refractivity contribution in [1.29, 1.82) is 0 Å². The molecule has 1 aliphatic rings. The van der Waals surface area contributed by atoms with E-state index in [1.54, 1.807) is 18.6 Å². The van der Waals surface area contributed by atoms with Crippen LogP contribution < -0.4 is 5.32 Å².